The maximum atomic E-state index is 13.6. The molecule has 7 heteroatoms. The van der Waals surface area contributed by atoms with E-state index in [2.05, 4.69) is 5.32 Å². The number of hydrogen-bond acceptors (Lipinski definition) is 3. The van der Waals surface area contributed by atoms with E-state index < -0.39 is 41.4 Å². The first-order chi connectivity index (χ1) is 12.9. The maximum Gasteiger partial charge on any atom is 0.317 e. The van der Waals surface area contributed by atoms with Gasteiger partial charge in [0, 0.05) is 6.07 Å². The van der Waals surface area contributed by atoms with E-state index in [4.69, 9.17) is 4.74 Å². The van der Waals surface area contributed by atoms with Gasteiger partial charge in [0.25, 0.3) is 5.91 Å². The number of rotatable bonds is 5. The van der Waals surface area contributed by atoms with Crippen LogP contribution in [0.15, 0.2) is 42.5 Å². The second kappa shape index (κ2) is 7.82. The zero-order valence-electron chi connectivity index (χ0n) is 14.4. The Bertz CT molecular complexity index is 863. The van der Waals surface area contributed by atoms with E-state index in [1.165, 1.54) is 18.2 Å². The van der Waals surface area contributed by atoms with E-state index in [0.29, 0.717) is 24.5 Å². The van der Waals surface area contributed by atoms with Crippen molar-refractivity contribution in [1.29, 1.82) is 0 Å². The Kier molecular flexibility index (Phi) is 5.48. The number of hydrogen-bond donors (Lipinski definition) is 1. The third kappa shape index (κ3) is 4.13. The van der Waals surface area contributed by atoms with E-state index >= 15 is 0 Å². The molecule has 1 aliphatic carbocycles. The van der Waals surface area contributed by atoms with Crippen LogP contribution in [0.4, 0.5) is 18.9 Å². The van der Waals surface area contributed by atoms with Crippen molar-refractivity contribution in [2.45, 2.75) is 31.1 Å². The first-order valence-corrected chi connectivity index (χ1v) is 8.59. The summed E-state index contributed by atoms with van der Waals surface area (Å²) in [5.41, 5.74) is -0.670. The molecule has 1 amide bonds. The van der Waals surface area contributed by atoms with Crippen LogP contribution in [0.2, 0.25) is 0 Å². The Morgan fingerprint density at radius 1 is 1.00 bits per heavy atom. The predicted octanol–water partition coefficient (Wildman–Crippen LogP) is 4.10. The van der Waals surface area contributed by atoms with Crippen molar-refractivity contribution in [1.82, 2.24) is 0 Å². The van der Waals surface area contributed by atoms with Crippen LogP contribution in [0.1, 0.15) is 31.2 Å². The summed E-state index contributed by atoms with van der Waals surface area (Å²) < 4.78 is 45.2. The highest BCUT2D eigenvalue weighted by atomic mass is 19.1. The summed E-state index contributed by atoms with van der Waals surface area (Å²) in [4.78, 5) is 24.7. The molecule has 27 heavy (non-hydrogen) atoms. The van der Waals surface area contributed by atoms with E-state index in [-0.39, 0.29) is 5.69 Å². The number of ether oxygens (including phenoxy) is 1. The first-order valence-electron chi connectivity index (χ1n) is 8.59. The average molecular weight is 377 g/mol. The minimum absolute atomic E-state index is 0.210. The van der Waals surface area contributed by atoms with Crippen molar-refractivity contribution >= 4 is 17.6 Å². The first kappa shape index (κ1) is 18.9. The summed E-state index contributed by atoms with van der Waals surface area (Å²) in [6.45, 7) is -0.618. The quantitative estimate of drug-likeness (QED) is 0.799. The SMILES string of the molecule is O=C(COC(=O)C1(c2cccc(F)c2)CCCC1)Nc1ccc(F)cc1F. The molecule has 142 valence electrons. The van der Waals surface area contributed by atoms with Crippen molar-refractivity contribution < 1.29 is 27.5 Å². The normalized spacial score (nSPS) is 15.4. The Labute approximate surface area is 154 Å². The molecule has 0 atom stereocenters. The van der Waals surface area contributed by atoms with Crippen LogP contribution in [-0.4, -0.2) is 18.5 Å². The van der Waals surface area contributed by atoms with Crippen LogP contribution < -0.4 is 5.32 Å². The molecule has 0 spiro atoms. The van der Waals surface area contributed by atoms with Gasteiger partial charge in [-0.05, 0) is 42.7 Å². The number of amides is 1. The smallest absolute Gasteiger partial charge is 0.317 e. The number of benzene rings is 2. The van der Waals surface area contributed by atoms with Crippen molar-refractivity contribution in [3.05, 3.63) is 65.5 Å². The molecular formula is C20H18F3NO3. The standard InChI is InChI=1S/C20H18F3NO3/c21-14-5-3-4-13(10-14)20(8-1-2-9-20)19(26)27-12-18(25)24-17-7-6-15(22)11-16(17)23/h3-7,10-11H,1-2,8-9,12H2,(H,24,25). The summed E-state index contributed by atoms with van der Waals surface area (Å²) in [5, 5.41) is 2.23. The van der Waals surface area contributed by atoms with E-state index in [9.17, 15) is 22.8 Å². The van der Waals surface area contributed by atoms with Gasteiger partial charge in [-0.15, -0.1) is 0 Å². The fraction of sp³-hybridized carbons (Fsp3) is 0.300. The molecule has 0 heterocycles. The molecule has 1 saturated carbocycles. The minimum Gasteiger partial charge on any atom is -0.455 e. The lowest BCUT2D eigenvalue weighted by Crippen LogP contribution is -2.36. The highest BCUT2D eigenvalue weighted by Gasteiger charge is 2.44. The highest BCUT2D eigenvalue weighted by Crippen LogP contribution is 2.42. The van der Waals surface area contributed by atoms with Crippen molar-refractivity contribution in [2.75, 3.05) is 11.9 Å². The Morgan fingerprint density at radius 3 is 2.37 bits per heavy atom. The van der Waals surface area contributed by atoms with Crippen molar-refractivity contribution in [3.63, 3.8) is 0 Å². The summed E-state index contributed by atoms with van der Waals surface area (Å²) in [7, 11) is 0. The van der Waals surface area contributed by atoms with Crippen LogP contribution in [0.25, 0.3) is 0 Å². The van der Waals surface area contributed by atoms with Gasteiger partial charge in [-0.3, -0.25) is 9.59 Å². The van der Waals surface area contributed by atoms with Gasteiger partial charge in [-0.1, -0.05) is 25.0 Å². The third-order valence-electron chi connectivity index (χ3n) is 4.76. The molecule has 3 rings (SSSR count). The van der Waals surface area contributed by atoms with Gasteiger partial charge < -0.3 is 10.1 Å². The van der Waals surface area contributed by atoms with E-state index in [1.807, 2.05) is 0 Å². The molecule has 0 aliphatic heterocycles. The maximum absolute atomic E-state index is 13.6. The Hall–Kier alpha value is -2.83. The monoisotopic (exact) mass is 377 g/mol. The van der Waals surface area contributed by atoms with Gasteiger partial charge in [0.1, 0.15) is 17.5 Å². The van der Waals surface area contributed by atoms with E-state index in [1.54, 1.807) is 6.07 Å². The number of halogens is 3. The molecule has 1 N–H and O–H groups in total. The van der Waals surface area contributed by atoms with Crippen molar-refractivity contribution in [3.8, 4) is 0 Å². The molecule has 1 aliphatic rings. The molecule has 1 fully saturated rings. The van der Waals surface area contributed by atoms with Crippen LogP contribution in [-0.2, 0) is 19.7 Å². The molecule has 0 saturated heterocycles. The van der Waals surface area contributed by atoms with Crippen LogP contribution >= 0.6 is 0 Å². The molecule has 0 unspecified atom stereocenters. The number of carbonyl (C=O) groups excluding carboxylic acids is 2. The fourth-order valence-electron chi connectivity index (χ4n) is 3.42. The topological polar surface area (TPSA) is 55.4 Å². The van der Waals surface area contributed by atoms with E-state index in [0.717, 1.165) is 25.0 Å². The molecule has 4 nitrogen and oxygen atoms in total. The molecule has 0 bridgehead atoms. The highest BCUT2D eigenvalue weighted by molar-refractivity contribution is 5.94. The number of esters is 1. The second-order valence-corrected chi connectivity index (χ2v) is 6.55. The van der Waals surface area contributed by atoms with Crippen molar-refractivity contribution in [2.24, 2.45) is 0 Å². The third-order valence-corrected chi connectivity index (χ3v) is 4.76. The largest absolute Gasteiger partial charge is 0.455 e. The van der Waals surface area contributed by atoms with Gasteiger partial charge in [-0.25, -0.2) is 13.2 Å². The predicted molar refractivity (Wildman–Crippen MR) is 92.5 cm³/mol. The molecule has 0 radical (unpaired) electrons. The molecule has 2 aromatic rings. The number of carbonyl (C=O) groups is 2. The van der Waals surface area contributed by atoms with Gasteiger partial charge in [0.05, 0.1) is 11.1 Å². The van der Waals surface area contributed by atoms with Crippen LogP contribution in [0, 0.1) is 17.5 Å². The molecule has 2 aromatic carbocycles. The summed E-state index contributed by atoms with van der Waals surface area (Å²) in [6, 6.07) is 8.52. The summed E-state index contributed by atoms with van der Waals surface area (Å²) in [5.74, 6) is -3.51. The lowest BCUT2D eigenvalue weighted by Gasteiger charge is -2.27. The number of anilines is 1. The fourth-order valence-corrected chi connectivity index (χ4v) is 3.42. The van der Waals surface area contributed by atoms with Crippen LogP contribution in [0.3, 0.4) is 0 Å². The molecule has 0 aromatic heterocycles. The lowest BCUT2D eigenvalue weighted by atomic mass is 9.79. The van der Waals surface area contributed by atoms with Gasteiger partial charge >= 0.3 is 5.97 Å². The second-order valence-electron chi connectivity index (χ2n) is 6.55. The zero-order chi connectivity index (χ0) is 19.4. The number of nitrogens with one attached hydrogen (secondary N) is 1. The zero-order valence-corrected chi connectivity index (χ0v) is 14.4. The Morgan fingerprint density at radius 2 is 1.70 bits per heavy atom. The Balaban J connectivity index is 1.67. The summed E-state index contributed by atoms with van der Waals surface area (Å²) >= 11 is 0. The van der Waals surface area contributed by atoms with Gasteiger partial charge in [-0.2, -0.15) is 0 Å². The van der Waals surface area contributed by atoms with Gasteiger partial charge in [0.2, 0.25) is 0 Å². The van der Waals surface area contributed by atoms with Gasteiger partial charge in [0.15, 0.2) is 6.61 Å². The average Bonchev–Trinajstić information content (AvgIpc) is 3.13. The molecular weight excluding hydrogens is 359 g/mol. The minimum atomic E-state index is -0.983. The summed E-state index contributed by atoms with van der Waals surface area (Å²) in [6.07, 6.45) is 2.59. The van der Waals surface area contributed by atoms with Crippen LogP contribution in [0.5, 0.6) is 0 Å². The lowest BCUT2D eigenvalue weighted by molar-refractivity contribution is -0.153.